The molecule has 0 bridgehead atoms. The predicted octanol–water partition coefficient (Wildman–Crippen LogP) is 5.36. The van der Waals surface area contributed by atoms with Crippen LogP contribution in [0.15, 0.2) is 30.5 Å². The van der Waals surface area contributed by atoms with Crippen molar-refractivity contribution in [3.8, 4) is 28.6 Å². The summed E-state index contributed by atoms with van der Waals surface area (Å²) in [6, 6.07) is 7.64. The van der Waals surface area contributed by atoms with Crippen LogP contribution in [-0.4, -0.2) is 36.9 Å². The Hall–Kier alpha value is -2.69. The smallest absolute Gasteiger partial charge is 0.269 e. The minimum atomic E-state index is 0.111. The summed E-state index contributed by atoms with van der Waals surface area (Å²) in [5.41, 5.74) is 2.24. The molecule has 1 N–H and O–H groups in total. The zero-order valence-electron chi connectivity index (χ0n) is 16.6. The number of nitrogens with zero attached hydrogens (tertiary/aromatic N) is 3. The molecular weight excluding hydrogens is 422 g/mol. The molecule has 0 aliphatic carbocycles. The average Bonchev–Trinajstić information content (AvgIpc) is 3.21. The largest absolute Gasteiger partial charge is 0.495 e. The molecule has 1 unspecified atom stereocenters. The third kappa shape index (κ3) is 3.85. The van der Waals surface area contributed by atoms with Gasteiger partial charge in [-0.3, -0.25) is 0 Å². The summed E-state index contributed by atoms with van der Waals surface area (Å²) in [6.45, 7) is 0.111. The number of benzene rings is 2. The van der Waals surface area contributed by atoms with Gasteiger partial charge >= 0.3 is 0 Å². The molecule has 1 aliphatic rings. The average molecular weight is 441 g/mol. The molecule has 1 atom stereocenters. The van der Waals surface area contributed by atoms with Crippen molar-refractivity contribution >= 4 is 46.8 Å². The molecule has 9 heteroatoms. The molecule has 1 aromatic heterocycles. The summed E-state index contributed by atoms with van der Waals surface area (Å²) in [4.78, 5) is 9.06. The summed E-state index contributed by atoms with van der Waals surface area (Å²) in [5.74, 6) is 3.87. The lowest BCUT2D eigenvalue weighted by molar-refractivity contribution is 0.395. The Bertz CT molecular complexity index is 1120. The maximum atomic E-state index is 9.07. The third-order valence-corrected chi connectivity index (χ3v) is 6.14. The van der Waals surface area contributed by atoms with E-state index >= 15 is 0 Å². The third-order valence-electron chi connectivity index (χ3n) is 5.39. The van der Waals surface area contributed by atoms with Crippen LogP contribution >= 0.6 is 23.2 Å². The van der Waals surface area contributed by atoms with E-state index in [2.05, 4.69) is 21.3 Å². The Morgan fingerprint density at radius 2 is 1.90 bits per heavy atom. The number of nitrogens with one attached hydrogen (secondary N) is 1. The minimum Gasteiger partial charge on any atom is -0.495 e. The van der Waals surface area contributed by atoms with Gasteiger partial charge in [-0.2, -0.15) is 0 Å². The number of rotatable bonds is 5. The Kier molecular flexibility index (Phi) is 5.89. The van der Waals surface area contributed by atoms with Crippen LogP contribution < -0.4 is 14.8 Å². The van der Waals surface area contributed by atoms with E-state index in [4.69, 9.17) is 37.9 Å². The molecular formula is C21H19BCl2N4O2. The van der Waals surface area contributed by atoms with Crippen molar-refractivity contribution in [2.24, 2.45) is 0 Å². The molecule has 2 heterocycles. The first-order valence-electron chi connectivity index (χ1n) is 9.57. The highest BCUT2D eigenvalue weighted by atomic mass is 35.5. The number of anilines is 1. The van der Waals surface area contributed by atoms with Crippen molar-refractivity contribution in [1.29, 1.82) is 5.26 Å². The highest BCUT2D eigenvalue weighted by molar-refractivity contribution is 6.67. The van der Waals surface area contributed by atoms with Gasteiger partial charge in [0, 0.05) is 35.2 Å². The lowest BCUT2D eigenvalue weighted by Crippen LogP contribution is -2.18. The summed E-state index contributed by atoms with van der Waals surface area (Å²) in [7, 11) is 3.09. The van der Waals surface area contributed by atoms with E-state index in [0.29, 0.717) is 33.1 Å². The molecule has 0 spiro atoms. The van der Waals surface area contributed by atoms with E-state index in [-0.39, 0.29) is 12.8 Å². The zero-order chi connectivity index (χ0) is 21.3. The van der Waals surface area contributed by atoms with Gasteiger partial charge in [-0.25, -0.2) is 15.2 Å². The van der Waals surface area contributed by atoms with Crippen molar-refractivity contribution in [3.05, 3.63) is 40.5 Å². The van der Waals surface area contributed by atoms with Gasteiger partial charge in [-0.05, 0) is 30.4 Å². The quantitative estimate of drug-likeness (QED) is 0.537. The number of methoxy groups -OCH3 is 2. The molecule has 6 nitrogen and oxygen atoms in total. The molecule has 0 saturated carbocycles. The van der Waals surface area contributed by atoms with Gasteiger partial charge < -0.3 is 14.8 Å². The van der Waals surface area contributed by atoms with Crippen LogP contribution in [0.5, 0.6) is 11.5 Å². The van der Waals surface area contributed by atoms with Crippen molar-refractivity contribution in [2.75, 3.05) is 19.5 Å². The topological polar surface area (TPSA) is 80.1 Å². The Balaban J connectivity index is 1.68. The summed E-state index contributed by atoms with van der Waals surface area (Å²) >= 11 is 13.1. The number of aromatic nitrogens is 2. The van der Waals surface area contributed by atoms with Gasteiger partial charge in [0.2, 0.25) is 5.95 Å². The first-order valence-corrected chi connectivity index (χ1v) is 10.3. The number of nitriles is 1. The van der Waals surface area contributed by atoms with Crippen LogP contribution in [0.1, 0.15) is 6.42 Å². The van der Waals surface area contributed by atoms with Crippen LogP contribution in [-0.2, 0) is 0 Å². The van der Waals surface area contributed by atoms with Gasteiger partial charge in [-0.15, -0.1) is 0 Å². The Labute approximate surface area is 185 Å². The maximum absolute atomic E-state index is 9.07. The van der Waals surface area contributed by atoms with Crippen molar-refractivity contribution in [1.82, 2.24) is 9.97 Å². The number of ether oxygens (including phenoxy) is 2. The van der Waals surface area contributed by atoms with E-state index in [1.54, 1.807) is 26.5 Å². The Morgan fingerprint density at radius 3 is 2.53 bits per heavy atom. The molecule has 30 heavy (non-hydrogen) atoms. The van der Waals surface area contributed by atoms with Gasteiger partial charge in [-0.1, -0.05) is 35.6 Å². The first-order chi connectivity index (χ1) is 14.5. The van der Waals surface area contributed by atoms with E-state index in [1.807, 2.05) is 18.2 Å². The molecule has 152 valence electrons. The fraction of sp³-hybridized carbons (Fsp3) is 0.286. The second kappa shape index (κ2) is 8.59. The van der Waals surface area contributed by atoms with Gasteiger partial charge in [0.05, 0.1) is 29.8 Å². The highest BCUT2D eigenvalue weighted by Gasteiger charge is 2.28. The minimum absolute atomic E-state index is 0.111. The van der Waals surface area contributed by atoms with Crippen LogP contribution in [0, 0.1) is 11.2 Å². The molecule has 2 aromatic carbocycles. The second-order valence-corrected chi connectivity index (χ2v) is 7.99. The number of hydrogen-bond donors (Lipinski definition) is 1. The fourth-order valence-corrected chi connectivity index (χ4v) is 4.53. The molecule has 1 fully saturated rings. The highest BCUT2D eigenvalue weighted by Crippen LogP contribution is 2.46. The SMILES string of the molecule is COc1cc(OC)c(Cl)c(-c2ccc3nc(NC4CCB(C#N)C4)ncc3c2)c1Cl. The van der Waals surface area contributed by atoms with Gasteiger partial charge in [0.25, 0.3) is 6.71 Å². The molecule has 1 saturated heterocycles. The summed E-state index contributed by atoms with van der Waals surface area (Å²) < 4.78 is 10.7. The molecule has 0 amide bonds. The maximum Gasteiger partial charge on any atom is 0.269 e. The van der Waals surface area contributed by atoms with Crippen molar-refractivity contribution in [2.45, 2.75) is 25.1 Å². The Morgan fingerprint density at radius 1 is 1.17 bits per heavy atom. The summed E-state index contributed by atoms with van der Waals surface area (Å²) in [5, 5.41) is 14.1. The lowest BCUT2D eigenvalue weighted by atomic mass is 9.50. The van der Waals surface area contributed by atoms with Gasteiger partial charge in [0.15, 0.2) is 0 Å². The van der Waals surface area contributed by atoms with Crippen molar-refractivity contribution in [3.63, 3.8) is 0 Å². The number of hydrogen-bond acceptors (Lipinski definition) is 6. The van der Waals surface area contributed by atoms with E-state index in [0.717, 1.165) is 35.5 Å². The first kappa shape index (κ1) is 20.6. The zero-order valence-corrected chi connectivity index (χ0v) is 18.1. The van der Waals surface area contributed by atoms with E-state index in [9.17, 15) is 0 Å². The molecule has 1 aliphatic heterocycles. The molecule has 3 aromatic rings. The second-order valence-electron chi connectivity index (χ2n) is 7.23. The number of halogens is 2. The van der Waals surface area contributed by atoms with E-state index in [1.165, 1.54) is 0 Å². The van der Waals surface area contributed by atoms with Crippen LogP contribution in [0.2, 0.25) is 22.7 Å². The molecule has 4 rings (SSSR count). The monoisotopic (exact) mass is 440 g/mol. The van der Waals surface area contributed by atoms with Crippen LogP contribution in [0.3, 0.4) is 0 Å². The van der Waals surface area contributed by atoms with Crippen LogP contribution in [0.4, 0.5) is 5.95 Å². The van der Waals surface area contributed by atoms with Gasteiger partial charge in [0.1, 0.15) is 11.5 Å². The lowest BCUT2D eigenvalue weighted by Gasteiger charge is -2.15. The van der Waals surface area contributed by atoms with E-state index < -0.39 is 0 Å². The normalized spacial score (nSPS) is 15.8. The predicted molar refractivity (Wildman–Crippen MR) is 121 cm³/mol. The fourth-order valence-electron chi connectivity index (χ4n) is 3.81. The summed E-state index contributed by atoms with van der Waals surface area (Å²) in [6.07, 6.45) is 4.46. The number of fused-ring (bicyclic) bond motifs is 1. The molecule has 0 radical (unpaired) electrons. The van der Waals surface area contributed by atoms with Crippen LogP contribution in [0.25, 0.3) is 22.0 Å². The van der Waals surface area contributed by atoms with Crippen molar-refractivity contribution < 1.29 is 9.47 Å². The standard InChI is InChI=1S/C21H19BCl2N4O2/c1-29-16-8-17(30-2)20(24)18(19(16)23)12-3-4-15-13(7-12)10-26-21(28-15)27-14-5-6-22(9-14)11-25/h3-4,7-8,10,14H,5-6,9H2,1-2H3,(H,26,27,28).